The van der Waals surface area contributed by atoms with Crippen molar-refractivity contribution in [2.45, 2.75) is 83.8 Å². The Hall–Kier alpha value is -5.15. The molecule has 4 heterocycles. The fourth-order valence-corrected chi connectivity index (χ4v) is 7.87. The van der Waals surface area contributed by atoms with Crippen molar-refractivity contribution in [2.75, 3.05) is 47.1 Å². The lowest BCUT2D eigenvalue weighted by Gasteiger charge is -2.35. The molecule has 3 N–H and O–H groups in total. The number of amides is 3. The summed E-state index contributed by atoms with van der Waals surface area (Å²) in [5.74, 6) is -0.589. The van der Waals surface area contributed by atoms with Crippen LogP contribution in [0, 0.1) is 23.7 Å². The molecular weight excluding hydrogens is 749 g/mol. The third kappa shape index (κ3) is 10.3. The lowest BCUT2D eigenvalue weighted by Crippen LogP contribution is -2.53. The van der Waals surface area contributed by atoms with Gasteiger partial charge in [0.05, 0.1) is 19.7 Å². The van der Waals surface area contributed by atoms with E-state index in [1.807, 2.05) is 38.1 Å². The van der Waals surface area contributed by atoms with Crippen LogP contribution in [0.5, 0.6) is 0 Å². The van der Waals surface area contributed by atoms with Crippen molar-refractivity contribution in [3.05, 3.63) is 72.1 Å². The van der Waals surface area contributed by atoms with Crippen molar-refractivity contribution in [2.24, 2.45) is 11.8 Å². The number of H-pyrrole nitrogens is 2. The zero-order valence-corrected chi connectivity index (χ0v) is 33.8. The first-order valence-corrected chi connectivity index (χ1v) is 20.3. The van der Waals surface area contributed by atoms with Crippen molar-refractivity contribution in [3.63, 3.8) is 0 Å². The van der Waals surface area contributed by atoms with E-state index in [4.69, 9.17) is 14.2 Å². The van der Waals surface area contributed by atoms with Gasteiger partial charge in [-0.1, -0.05) is 68.8 Å². The number of hydrogen-bond donors (Lipinski definition) is 3. The average Bonchev–Trinajstić information content (AvgIpc) is 3.82. The van der Waals surface area contributed by atoms with Crippen LogP contribution in [0.2, 0.25) is 0 Å². The number of nitrogens with zero attached hydrogens (tertiary/aromatic N) is 4. The van der Waals surface area contributed by atoms with Gasteiger partial charge < -0.3 is 39.3 Å². The minimum Gasteiger partial charge on any atom is -0.453 e. The topological polar surface area (TPSA) is 155 Å². The predicted molar refractivity (Wildman–Crippen MR) is 214 cm³/mol. The number of alkyl carbamates (subject to hydrolysis) is 1. The summed E-state index contributed by atoms with van der Waals surface area (Å²) in [4.78, 5) is 57.3. The largest absolute Gasteiger partial charge is 0.453 e. The van der Waals surface area contributed by atoms with Crippen LogP contribution >= 0.6 is 0 Å². The van der Waals surface area contributed by atoms with Gasteiger partial charge in [0.1, 0.15) is 29.1 Å². The Morgan fingerprint density at radius 3 is 1.95 bits per heavy atom. The van der Waals surface area contributed by atoms with E-state index in [0.717, 1.165) is 30.4 Å². The van der Waals surface area contributed by atoms with Gasteiger partial charge in [-0.3, -0.25) is 9.59 Å². The standard InChI is InChI=1S/C43H55F2N7O6/c1-5-7-33(51(3)42(54)38(49-43(55)56-4)32-18-23-58-24-19-32)41-48-37(40(45)50-41)31-14-10-29(11-15-31)28-8-12-30(13-9-28)36-39(44)47-34(46-36)26-52(20-6-2)35(53)25-27-16-21-57-22-17-27/h8-15,27,32-33,38H,5-7,16-26H2,1-4H3,(H,46,47)(H,48,50)(H,49,55). The third-order valence-electron chi connectivity index (χ3n) is 11.2. The fraction of sp³-hybridized carbons (Fsp3) is 0.512. The Balaban J connectivity index is 1.13. The molecule has 0 bridgehead atoms. The number of halogens is 2. The van der Waals surface area contributed by atoms with Crippen LogP contribution in [0.3, 0.4) is 0 Å². The van der Waals surface area contributed by atoms with Crippen LogP contribution in [-0.4, -0.2) is 101 Å². The van der Waals surface area contributed by atoms with Crippen LogP contribution in [0.15, 0.2) is 48.5 Å². The van der Waals surface area contributed by atoms with E-state index >= 15 is 8.78 Å². The highest BCUT2D eigenvalue weighted by atomic mass is 19.1. The van der Waals surface area contributed by atoms with E-state index in [0.29, 0.717) is 93.8 Å². The average molecular weight is 804 g/mol. The molecule has 2 saturated heterocycles. The van der Waals surface area contributed by atoms with Gasteiger partial charge >= 0.3 is 6.09 Å². The minimum absolute atomic E-state index is 0.0452. The maximum Gasteiger partial charge on any atom is 0.407 e. The quantitative estimate of drug-likeness (QED) is 0.106. The molecule has 2 aromatic carbocycles. The number of aromatic nitrogens is 4. The molecule has 0 spiro atoms. The van der Waals surface area contributed by atoms with Crippen LogP contribution in [-0.2, 0) is 30.3 Å². The number of aromatic amines is 2. The first-order valence-electron chi connectivity index (χ1n) is 20.3. The van der Waals surface area contributed by atoms with Gasteiger partial charge in [0.15, 0.2) is 0 Å². The van der Waals surface area contributed by atoms with Crippen molar-refractivity contribution < 1.29 is 37.4 Å². The summed E-state index contributed by atoms with van der Waals surface area (Å²) in [6, 6.07) is 13.2. The summed E-state index contributed by atoms with van der Waals surface area (Å²) in [5, 5.41) is 2.72. The number of carbonyl (C=O) groups excluding carboxylic acids is 3. The minimum atomic E-state index is -0.830. The lowest BCUT2D eigenvalue weighted by molar-refractivity contribution is -0.137. The second kappa shape index (κ2) is 20.0. The first kappa shape index (κ1) is 42.5. The summed E-state index contributed by atoms with van der Waals surface area (Å²) in [6.45, 7) is 7.09. The SMILES string of the molecule is CCCC(c1nc(-c2ccc(-c3ccc(-c4nc(CN(CCC)C(=O)CC5CCOCC5)[nH]c4F)cc3)cc2)c(F)[nH]1)N(C)C(=O)C(NC(=O)OC)C1CCOCC1. The Morgan fingerprint density at radius 1 is 0.828 bits per heavy atom. The molecule has 15 heteroatoms. The van der Waals surface area contributed by atoms with Gasteiger partial charge in [-0.05, 0) is 61.5 Å². The highest BCUT2D eigenvalue weighted by Gasteiger charge is 2.37. The van der Waals surface area contributed by atoms with Crippen LogP contribution in [0.25, 0.3) is 33.6 Å². The number of nitrogens with one attached hydrogen (secondary N) is 3. The van der Waals surface area contributed by atoms with Crippen molar-refractivity contribution in [1.82, 2.24) is 35.1 Å². The monoisotopic (exact) mass is 803 g/mol. The van der Waals surface area contributed by atoms with Gasteiger partial charge in [0.25, 0.3) is 0 Å². The van der Waals surface area contributed by atoms with Gasteiger partial charge in [0.2, 0.25) is 23.7 Å². The molecular formula is C43H55F2N7O6. The third-order valence-corrected chi connectivity index (χ3v) is 11.2. The normalized spacial score (nSPS) is 16.1. The lowest BCUT2D eigenvalue weighted by atomic mass is 9.90. The van der Waals surface area contributed by atoms with Gasteiger partial charge in [0, 0.05) is 57.6 Å². The molecule has 4 aromatic rings. The predicted octanol–water partition coefficient (Wildman–Crippen LogP) is 7.42. The zero-order chi connectivity index (χ0) is 41.2. The van der Waals surface area contributed by atoms with E-state index < -0.39 is 30.1 Å². The zero-order valence-electron chi connectivity index (χ0n) is 33.8. The number of methoxy groups -OCH3 is 1. The molecule has 6 rings (SSSR count). The maximum absolute atomic E-state index is 15.6. The highest BCUT2D eigenvalue weighted by molar-refractivity contribution is 5.86. The number of ether oxygens (including phenoxy) is 3. The van der Waals surface area contributed by atoms with Gasteiger partial charge in [-0.15, -0.1) is 0 Å². The van der Waals surface area contributed by atoms with Crippen molar-refractivity contribution in [1.29, 1.82) is 0 Å². The van der Waals surface area contributed by atoms with E-state index in [1.165, 1.54) is 12.0 Å². The maximum atomic E-state index is 15.6. The Kier molecular flexibility index (Phi) is 14.6. The fourth-order valence-electron chi connectivity index (χ4n) is 7.87. The second-order valence-corrected chi connectivity index (χ2v) is 15.2. The second-order valence-electron chi connectivity index (χ2n) is 15.2. The molecule has 0 radical (unpaired) electrons. The number of likely N-dealkylation sites (N-methyl/N-ethyl adjacent to an activating group) is 1. The number of hydrogen-bond acceptors (Lipinski definition) is 8. The summed E-state index contributed by atoms with van der Waals surface area (Å²) in [5.41, 5.74) is 3.17. The summed E-state index contributed by atoms with van der Waals surface area (Å²) in [6.07, 6.45) is 4.71. The number of imidazole rings is 2. The summed E-state index contributed by atoms with van der Waals surface area (Å²) >= 11 is 0. The molecule has 3 amide bonds. The summed E-state index contributed by atoms with van der Waals surface area (Å²) < 4.78 is 46.5. The molecule has 312 valence electrons. The molecule has 2 fully saturated rings. The molecule has 0 saturated carbocycles. The Bertz CT molecular complexity index is 1970. The van der Waals surface area contributed by atoms with Gasteiger partial charge in [-0.2, -0.15) is 8.78 Å². The summed E-state index contributed by atoms with van der Waals surface area (Å²) in [7, 11) is 2.90. The number of carbonyl (C=O) groups is 3. The van der Waals surface area contributed by atoms with Crippen molar-refractivity contribution in [3.8, 4) is 33.6 Å². The van der Waals surface area contributed by atoms with E-state index in [2.05, 4.69) is 25.3 Å². The van der Waals surface area contributed by atoms with Crippen LogP contribution in [0.1, 0.15) is 82.9 Å². The van der Waals surface area contributed by atoms with Crippen LogP contribution in [0.4, 0.5) is 13.6 Å². The highest BCUT2D eigenvalue weighted by Crippen LogP contribution is 2.32. The smallest absolute Gasteiger partial charge is 0.407 e. The van der Waals surface area contributed by atoms with E-state index in [1.54, 1.807) is 36.2 Å². The molecule has 2 aliphatic rings. The Morgan fingerprint density at radius 2 is 1.38 bits per heavy atom. The number of rotatable bonds is 16. The van der Waals surface area contributed by atoms with E-state index in [9.17, 15) is 14.4 Å². The molecule has 0 aliphatic carbocycles. The van der Waals surface area contributed by atoms with E-state index in [-0.39, 0.29) is 35.7 Å². The molecule has 58 heavy (non-hydrogen) atoms. The molecule has 2 atom stereocenters. The molecule has 2 aromatic heterocycles. The molecule has 2 unspecified atom stereocenters. The first-order chi connectivity index (χ1) is 28.1. The van der Waals surface area contributed by atoms with Gasteiger partial charge in [-0.25, -0.2) is 14.8 Å². The van der Waals surface area contributed by atoms with Crippen LogP contribution < -0.4 is 5.32 Å². The van der Waals surface area contributed by atoms with Crippen molar-refractivity contribution >= 4 is 17.9 Å². The molecule has 13 nitrogen and oxygen atoms in total. The molecule has 2 aliphatic heterocycles. The number of benzene rings is 2. The Labute approximate surface area is 338 Å².